The summed E-state index contributed by atoms with van der Waals surface area (Å²) in [5, 5.41) is 7.61. The van der Waals surface area contributed by atoms with E-state index in [1.807, 2.05) is 29.3 Å². The van der Waals surface area contributed by atoms with E-state index >= 15 is 0 Å². The molecule has 2 aromatic rings. The molecule has 0 bridgehead atoms. The molecule has 1 aromatic carbocycles. The predicted octanol–water partition coefficient (Wildman–Crippen LogP) is 11.9. The van der Waals surface area contributed by atoms with Crippen molar-refractivity contribution in [1.82, 2.24) is 4.98 Å². The zero-order chi connectivity index (χ0) is 42.1. The number of para-hydroxylation sites is 1. The lowest BCUT2D eigenvalue weighted by molar-refractivity contribution is -0.145. The number of carbonyl (C=O) groups excluding carboxylic acids is 3. The third-order valence-electron chi connectivity index (χ3n) is 10.2. The summed E-state index contributed by atoms with van der Waals surface area (Å²) >= 11 is 1.59. The summed E-state index contributed by atoms with van der Waals surface area (Å²) in [5.41, 5.74) is 2.01. The number of carbonyl (C=O) groups is 3. The van der Waals surface area contributed by atoms with Gasteiger partial charge in [-0.2, -0.15) is 5.10 Å². The lowest BCUT2D eigenvalue weighted by atomic mass is 9.81. The maximum atomic E-state index is 13.4. The molecule has 316 valence electrons. The number of ether oxygens (including phenoxy) is 4. The molecular formula is C47H65N3O7S. The van der Waals surface area contributed by atoms with Crippen LogP contribution in [0.4, 0.5) is 5.13 Å². The Morgan fingerprint density at radius 2 is 1.64 bits per heavy atom. The van der Waals surface area contributed by atoms with Crippen molar-refractivity contribution in [3.05, 3.63) is 96.7 Å². The van der Waals surface area contributed by atoms with Crippen molar-refractivity contribution in [2.45, 2.75) is 124 Å². The number of allylic oxidation sites excluding steroid dienone is 7. The molecule has 11 heteroatoms. The SMILES string of the molecule is C=C.C=CC(=O)OCCCCCCOC1=CC=C(C(=O)O/C(C)=C/C(/C=N/N(CCCCCC)c2nc3ccccc3s2)=C(\C)OC(=O)C2CCC(CC)CC2)CC1. The van der Waals surface area contributed by atoms with Gasteiger partial charge < -0.3 is 18.9 Å². The highest BCUT2D eigenvalue weighted by Crippen LogP contribution is 2.32. The second-order valence-corrected chi connectivity index (χ2v) is 15.6. The zero-order valence-corrected chi connectivity index (χ0v) is 36.1. The Bertz CT molecular complexity index is 1750. The summed E-state index contributed by atoms with van der Waals surface area (Å²) in [7, 11) is 0. The number of unbranched alkanes of at least 4 members (excludes halogenated alkanes) is 6. The van der Waals surface area contributed by atoms with Gasteiger partial charge in [-0.15, -0.1) is 13.2 Å². The Hall–Kier alpha value is -4.77. The summed E-state index contributed by atoms with van der Waals surface area (Å²) in [6.45, 7) is 19.0. The Morgan fingerprint density at radius 1 is 0.914 bits per heavy atom. The lowest BCUT2D eigenvalue weighted by Crippen LogP contribution is -2.23. The van der Waals surface area contributed by atoms with E-state index in [2.05, 4.69) is 39.7 Å². The molecule has 0 amide bonds. The minimum Gasteiger partial charge on any atom is -0.498 e. The fourth-order valence-electron chi connectivity index (χ4n) is 6.68. The number of fused-ring (bicyclic) bond motifs is 1. The maximum absolute atomic E-state index is 13.4. The maximum Gasteiger partial charge on any atom is 0.339 e. The van der Waals surface area contributed by atoms with Gasteiger partial charge in [0.05, 0.1) is 41.3 Å². The number of thiazole rings is 1. The van der Waals surface area contributed by atoms with Crippen molar-refractivity contribution in [3.63, 3.8) is 0 Å². The van der Waals surface area contributed by atoms with Crippen LogP contribution in [0.1, 0.15) is 124 Å². The van der Waals surface area contributed by atoms with E-state index in [0.29, 0.717) is 61.2 Å². The summed E-state index contributed by atoms with van der Waals surface area (Å²) in [5.74, 6) is 1.08. The van der Waals surface area contributed by atoms with E-state index in [9.17, 15) is 14.4 Å². The summed E-state index contributed by atoms with van der Waals surface area (Å²) < 4.78 is 23.9. The number of esters is 3. The number of rotatable bonds is 23. The van der Waals surface area contributed by atoms with E-state index in [-0.39, 0.29) is 11.9 Å². The highest BCUT2D eigenvalue weighted by molar-refractivity contribution is 7.22. The van der Waals surface area contributed by atoms with Gasteiger partial charge in [-0.3, -0.25) is 4.79 Å². The topological polar surface area (TPSA) is 117 Å². The molecule has 1 fully saturated rings. The molecule has 0 spiro atoms. The Labute approximate surface area is 350 Å². The molecule has 0 N–H and O–H groups in total. The predicted molar refractivity (Wildman–Crippen MR) is 236 cm³/mol. The highest BCUT2D eigenvalue weighted by atomic mass is 32.1. The quantitative estimate of drug-likeness (QED) is 0.0124. The van der Waals surface area contributed by atoms with Crippen LogP contribution in [0.25, 0.3) is 10.2 Å². The van der Waals surface area contributed by atoms with Gasteiger partial charge in [-0.1, -0.05) is 69.6 Å². The lowest BCUT2D eigenvalue weighted by Gasteiger charge is -2.26. The fraction of sp³-hybridized carbons (Fsp3) is 0.511. The molecule has 58 heavy (non-hydrogen) atoms. The van der Waals surface area contributed by atoms with Crippen molar-refractivity contribution < 1.29 is 33.3 Å². The molecule has 1 saturated carbocycles. The van der Waals surface area contributed by atoms with Gasteiger partial charge >= 0.3 is 17.9 Å². The molecule has 1 aromatic heterocycles. The molecule has 1 heterocycles. The molecule has 0 radical (unpaired) electrons. The van der Waals surface area contributed by atoms with Crippen molar-refractivity contribution in [2.75, 3.05) is 24.8 Å². The third-order valence-corrected chi connectivity index (χ3v) is 11.3. The van der Waals surface area contributed by atoms with Crippen LogP contribution in [-0.4, -0.2) is 48.9 Å². The molecular weight excluding hydrogens is 751 g/mol. The van der Waals surface area contributed by atoms with E-state index in [1.54, 1.807) is 43.6 Å². The first-order valence-corrected chi connectivity index (χ1v) is 21.8. The number of benzene rings is 1. The van der Waals surface area contributed by atoms with Crippen molar-refractivity contribution in [2.24, 2.45) is 16.9 Å². The second-order valence-electron chi connectivity index (χ2n) is 14.6. The first-order valence-electron chi connectivity index (χ1n) is 21.0. The minimum atomic E-state index is -0.433. The van der Waals surface area contributed by atoms with Crippen molar-refractivity contribution in [3.8, 4) is 0 Å². The van der Waals surface area contributed by atoms with Crippen LogP contribution in [0.5, 0.6) is 0 Å². The molecule has 0 aliphatic heterocycles. The van der Waals surface area contributed by atoms with E-state index in [4.69, 9.17) is 29.0 Å². The van der Waals surface area contributed by atoms with Crippen LogP contribution in [0.3, 0.4) is 0 Å². The Morgan fingerprint density at radius 3 is 2.31 bits per heavy atom. The van der Waals surface area contributed by atoms with Gasteiger partial charge in [-0.05, 0) is 114 Å². The monoisotopic (exact) mass is 815 g/mol. The number of hydrazone groups is 1. The largest absolute Gasteiger partial charge is 0.498 e. The van der Waals surface area contributed by atoms with Gasteiger partial charge in [0.2, 0.25) is 5.13 Å². The molecule has 2 aliphatic rings. The van der Waals surface area contributed by atoms with Crippen LogP contribution in [0.15, 0.2) is 102 Å². The van der Waals surface area contributed by atoms with Crippen molar-refractivity contribution >= 4 is 50.8 Å². The Balaban J connectivity index is 0.00000443. The molecule has 4 rings (SSSR count). The molecule has 10 nitrogen and oxygen atoms in total. The zero-order valence-electron chi connectivity index (χ0n) is 35.3. The first-order chi connectivity index (χ1) is 28.2. The summed E-state index contributed by atoms with van der Waals surface area (Å²) in [6.07, 6.45) is 22.1. The molecule has 2 aliphatic carbocycles. The minimum absolute atomic E-state index is 0.132. The van der Waals surface area contributed by atoms with E-state index < -0.39 is 11.9 Å². The summed E-state index contributed by atoms with van der Waals surface area (Å²) in [4.78, 5) is 42.6. The highest BCUT2D eigenvalue weighted by Gasteiger charge is 2.27. The van der Waals surface area contributed by atoms with Gasteiger partial charge in [0.15, 0.2) is 0 Å². The Kier molecular flexibility index (Phi) is 22.2. The third kappa shape index (κ3) is 16.6. The second kappa shape index (κ2) is 27.0. The number of aromatic nitrogens is 1. The number of nitrogens with zero attached hydrogens (tertiary/aromatic N) is 3. The first kappa shape index (κ1) is 47.6. The summed E-state index contributed by atoms with van der Waals surface area (Å²) in [6, 6.07) is 8.05. The van der Waals surface area contributed by atoms with E-state index in [1.165, 1.54) is 6.08 Å². The van der Waals surface area contributed by atoms with Gasteiger partial charge in [-0.25, -0.2) is 19.6 Å². The van der Waals surface area contributed by atoms with Crippen LogP contribution < -0.4 is 5.01 Å². The van der Waals surface area contributed by atoms with Gasteiger partial charge in [0, 0.05) is 30.2 Å². The van der Waals surface area contributed by atoms with Gasteiger partial charge in [0.25, 0.3) is 0 Å². The van der Waals surface area contributed by atoms with Crippen molar-refractivity contribution in [1.29, 1.82) is 0 Å². The average Bonchev–Trinajstić information content (AvgIpc) is 3.69. The molecule has 0 atom stereocenters. The fourth-order valence-corrected chi connectivity index (χ4v) is 7.63. The van der Waals surface area contributed by atoms with Crippen LogP contribution in [0.2, 0.25) is 0 Å². The molecule has 0 saturated heterocycles. The van der Waals surface area contributed by atoms with Crippen LogP contribution >= 0.6 is 11.3 Å². The number of anilines is 1. The smallest absolute Gasteiger partial charge is 0.339 e. The normalized spacial score (nSPS) is 17.3. The van der Waals surface area contributed by atoms with Gasteiger partial charge in [0.1, 0.15) is 11.5 Å². The van der Waals surface area contributed by atoms with E-state index in [0.717, 1.165) is 105 Å². The molecule has 0 unspecified atom stereocenters. The number of hydrogen-bond donors (Lipinski definition) is 0. The standard InChI is InChI=1S/C45H61N3O7S.C2H4/c1-6-9-10-15-28-48(45-47-40-18-13-14-19-41(40)56-45)46-32-38(34(5)55-44(51)36-22-20-35(7-2)21-23-36)31-33(4)54-43(50)37-24-26-39(27-25-37)52-29-16-11-12-17-30-53-42(49)8-3;1-2/h8,13-14,18-19,24,26,31-32,35-36H,3,6-7,9-12,15-17,20-23,25,27-30H2,1-2,4-5H3;1-2H2/b33-31+,38-34-,46-32+;. The van der Waals surface area contributed by atoms with Crippen LogP contribution in [-0.2, 0) is 33.3 Å². The van der Waals surface area contributed by atoms with Crippen LogP contribution in [0, 0.1) is 11.8 Å². The number of hydrogen-bond acceptors (Lipinski definition) is 11. The average molecular weight is 816 g/mol.